The van der Waals surface area contributed by atoms with E-state index in [4.69, 9.17) is 0 Å². The summed E-state index contributed by atoms with van der Waals surface area (Å²) in [6.45, 7) is 2.69. The van der Waals surface area contributed by atoms with Gasteiger partial charge in [0.1, 0.15) is 0 Å². The van der Waals surface area contributed by atoms with Crippen LogP contribution in [0, 0.1) is 0 Å². The first-order valence-corrected chi connectivity index (χ1v) is 7.67. The van der Waals surface area contributed by atoms with Crippen molar-refractivity contribution in [2.45, 2.75) is 32.6 Å². The van der Waals surface area contributed by atoms with Gasteiger partial charge < -0.3 is 10.6 Å². The van der Waals surface area contributed by atoms with Gasteiger partial charge in [-0.2, -0.15) is 0 Å². The number of unbranched alkanes of at least 4 members (excludes halogenated alkanes) is 1. The van der Waals surface area contributed by atoms with Crippen LogP contribution in [0.25, 0.3) is 0 Å². The van der Waals surface area contributed by atoms with Crippen molar-refractivity contribution in [3.05, 3.63) is 48.3 Å². The van der Waals surface area contributed by atoms with E-state index < -0.39 is 0 Å². The minimum atomic E-state index is -0.0234. The molecule has 2 N–H and O–H groups in total. The van der Waals surface area contributed by atoms with Crippen LogP contribution in [0.15, 0.2) is 42.7 Å². The number of rotatable bonds is 8. The number of aryl methyl sites for hydroxylation is 1. The Labute approximate surface area is 131 Å². The van der Waals surface area contributed by atoms with E-state index >= 15 is 0 Å². The Morgan fingerprint density at radius 2 is 1.86 bits per heavy atom. The zero-order valence-corrected chi connectivity index (χ0v) is 12.9. The molecule has 22 heavy (non-hydrogen) atoms. The predicted octanol–water partition coefficient (Wildman–Crippen LogP) is 3.26. The molecular formula is C17H22N4O. The van der Waals surface area contributed by atoms with Crippen LogP contribution in [0.2, 0.25) is 0 Å². The molecule has 0 radical (unpaired) electrons. The molecule has 0 aliphatic heterocycles. The molecule has 0 aliphatic rings. The number of carbonyl (C=O) groups excluding carboxylic acids is 1. The van der Waals surface area contributed by atoms with Gasteiger partial charge in [0.25, 0.3) is 0 Å². The molecule has 5 heteroatoms. The Balaban J connectivity index is 1.72. The summed E-state index contributed by atoms with van der Waals surface area (Å²) in [5.74, 6) is 0.514. The van der Waals surface area contributed by atoms with Gasteiger partial charge in [-0.25, -0.2) is 9.97 Å². The van der Waals surface area contributed by atoms with Crippen LogP contribution in [0.3, 0.4) is 0 Å². The van der Waals surface area contributed by atoms with Crippen molar-refractivity contribution in [3.63, 3.8) is 0 Å². The predicted molar refractivity (Wildman–Crippen MR) is 88.8 cm³/mol. The molecule has 0 unspecified atom stereocenters. The Hall–Kier alpha value is -2.43. The van der Waals surface area contributed by atoms with E-state index in [1.165, 1.54) is 18.4 Å². The molecule has 1 amide bonds. The lowest BCUT2D eigenvalue weighted by Gasteiger charge is -2.07. The zero-order chi connectivity index (χ0) is 15.6. The topological polar surface area (TPSA) is 66.9 Å². The van der Waals surface area contributed by atoms with Crippen molar-refractivity contribution in [1.29, 1.82) is 0 Å². The summed E-state index contributed by atoms with van der Waals surface area (Å²) >= 11 is 0. The summed E-state index contributed by atoms with van der Waals surface area (Å²) in [6.07, 6.45) is 7.17. The fourth-order valence-corrected chi connectivity index (χ4v) is 2.04. The van der Waals surface area contributed by atoms with Crippen LogP contribution < -0.4 is 10.6 Å². The minimum absolute atomic E-state index is 0.0234. The van der Waals surface area contributed by atoms with Gasteiger partial charge in [0.2, 0.25) is 11.9 Å². The second kappa shape index (κ2) is 8.77. The average Bonchev–Trinajstić information content (AvgIpc) is 2.55. The molecule has 2 rings (SSSR count). The molecule has 116 valence electrons. The van der Waals surface area contributed by atoms with Gasteiger partial charge in [-0.1, -0.05) is 25.5 Å². The number of hydrogen-bond acceptors (Lipinski definition) is 4. The second-order valence-electron chi connectivity index (χ2n) is 5.10. The highest BCUT2D eigenvalue weighted by molar-refractivity contribution is 5.90. The van der Waals surface area contributed by atoms with E-state index in [1.54, 1.807) is 18.5 Å². The fraction of sp³-hybridized carbons (Fsp3) is 0.353. The van der Waals surface area contributed by atoms with Gasteiger partial charge in [-0.3, -0.25) is 4.79 Å². The van der Waals surface area contributed by atoms with E-state index in [0.29, 0.717) is 18.9 Å². The number of hydrogen-bond donors (Lipinski definition) is 2. The van der Waals surface area contributed by atoms with Crippen LogP contribution >= 0.6 is 0 Å². The zero-order valence-electron chi connectivity index (χ0n) is 12.9. The van der Waals surface area contributed by atoms with E-state index in [1.807, 2.05) is 12.1 Å². The van der Waals surface area contributed by atoms with Gasteiger partial charge in [0.15, 0.2) is 0 Å². The Kier molecular flexibility index (Phi) is 6.36. The molecule has 0 saturated carbocycles. The fourth-order valence-electron chi connectivity index (χ4n) is 2.04. The van der Waals surface area contributed by atoms with Gasteiger partial charge in [-0.05, 0) is 36.6 Å². The minimum Gasteiger partial charge on any atom is -0.354 e. The van der Waals surface area contributed by atoms with Crippen LogP contribution in [0.4, 0.5) is 11.6 Å². The number of benzene rings is 1. The monoisotopic (exact) mass is 298 g/mol. The van der Waals surface area contributed by atoms with E-state index in [-0.39, 0.29) is 5.91 Å². The number of amides is 1. The van der Waals surface area contributed by atoms with Crippen molar-refractivity contribution in [3.8, 4) is 0 Å². The Bertz CT molecular complexity index is 569. The highest BCUT2D eigenvalue weighted by atomic mass is 16.1. The lowest BCUT2D eigenvalue weighted by molar-refractivity contribution is -0.115. The maximum atomic E-state index is 11.9. The van der Waals surface area contributed by atoms with Gasteiger partial charge in [-0.15, -0.1) is 0 Å². The Morgan fingerprint density at radius 1 is 1.14 bits per heavy atom. The molecule has 0 saturated heterocycles. The van der Waals surface area contributed by atoms with Crippen molar-refractivity contribution < 1.29 is 4.79 Å². The van der Waals surface area contributed by atoms with Crippen molar-refractivity contribution in [1.82, 2.24) is 9.97 Å². The molecule has 0 bridgehead atoms. The summed E-state index contributed by atoms with van der Waals surface area (Å²) in [5.41, 5.74) is 2.14. The third-order valence-electron chi connectivity index (χ3n) is 3.26. The van der Waals surface area contributed by atoms with Crippen LogP contribution in [0.1, 0.15) is 31.7 Å². The molecule has 2 aromatic rings. The maximum absolute atomic E-state index is 11.9. The number of anilines is 2. The largest absolute Gasteiger partial charge is 0.354 e. The average molecular weight is 298 g/mol. The van der Waals surface area contributed by atoms with E-state index in [0.717, 1.165) is 12.1 Å². The first-order valence-electron chi connectivity index (χ1n) is 7.67. The SMILES string of the molecule is CCCCc1ccc(NC(=O)CCNc2ncccn2)cc1. The summed E-state index contributed by atoms with van der Waals surface area (Å²) < 4.78 is 0. The quantitative estimate of drug-likeness (QED) is 0.785. The lowest BCUT2D eigenvalue weighted by atomic mass is 10.1. The smallest absolute Gasteiger partial charge is 0.226 e. The van der Waals surface area contributed by atoms with Crippen LogP contribution in [0.5, 0.6) is 0 Å². The van der Waals surface area contributed by atoms with Gasteiger partial charge in [0, 0.05) is 31.0 Å². The molecule has 0 spiro atoms. The standard InChI is InChI=1S/C17H22N4O/c1-2-3-5-14-6-8-15(9-7-14)21-16(22)10-13-20-17-18-11-4-12-19-17/h4,6-9,11-12H,2-3,5,10,13H2,1H3,(H,21,22)(H,18,19,20). The van der Waals surface area contributed by atoms with Crippen molar-refractivity contribution >= 4 is 17.5 Å². The highest BCUT2D eigenvalue weighted by Gasteiger charge is 2.03. The summed E-state index contributed by atoms with van der Waals surface area (Å²) in [5, 5.41) is 5.90. The number of nitrogens with one attached hydrogen (secondary N) is 2. The molecule has 5 nitrogen and oxygen atoms in total. The molecule has 1 aromatic heterocycles. The first kappa shape index (κ1) is 15.9. The summed E-state index contributed by atoms with van der Waals surface area (Å²) in [4.78, 5) is 19.9. The van der Waals surface area contributed by atoms with E-state index in [9.17, 15) is 4.79 Å². The third-order valence-corrected chi connectivity index (χ3v) is 3.26. The normalized spacial score (nSPS) is 10.2. The molecule has 0 atom stereocenters. The first-order chi connectivity index (χ1) is 10.8. The van der Waals surface area contributed by atoms with Gasteiger partial charge >= 0.3 is 0 Å². The van der Waals surface area contributed by atoms with Crippen LogP contribution in [-0.2, 0) is 11.2 Å². The molecule has 1 heterocycles. The molecule has 1 aromatic carbocycles. The molecule has 0 fully saturated rings. The number of nitrogens with zero attached hydrogens (tertiary/aromatic N) is 2. The van der Waals surface area contributed by atoms with Crippen LogP contribution in [-0.4, -0.2) is 22.4 Å². The Morgan fingerprint density at radius 3 is 2.55 bits per heavy atom. The lowest BCUT2D eigenvalue weighted by Crippen LogP contribution is -2.16. The van der Waals surface area contributed by atoms with E-state index in [2.05, 4.69) is 39.7 Å². The van der Waals surface area contributed by atoms with Gasteiger partial charge in [0.05, 0.1) is 0 Å². The number of carbonyl (C=O) groups is 1. The number of aromatic nitrogens is 2. The second-order valence-corrected chi connectivity index (χ2v) is 5.10. The maximum Gasteiger partial charge on any atom is 0.226 e. The third kappa shape index (κ3) is 5.52. The summed E-state index contributed by atoms with van der Waals surface area (Å²) in [7, 11) is 0. The molecular weight excluding hydrogens is 276 g/mol. The van der Waals surface area contributed by atoms with Crippen molar-refractivity contribution in [2.75, 3.05) is 17.2 Å². The highest BCUT2D eigenvalue weighted by Crippen LogP contribution is 2.12. The summed E-state index contributed by atoms with van der Waals surface area (Å²) in [6, 6.07) is 9.80. The van der Waals surface area contributed by atoms with Crippen molar-refractivity contribution in [2.24, 2.45) is 0 Å². The molecule has 0 aliphatic carbocycles.